The fraction of sp³-hybridized carbons (Fsp3) is 0.0870. The van der Waals surface area contributed by atoms with Crippen LogP contribution in [0.1, 0.15) is 21.6 Å². The van der Waals surface area contributed by atoms with Gasteiger partial charge in [-0.05, 0) is 35.4 Å². The largest absolute Gasteiger partial charge is 0.489 e. The van der Waals surface area contributed by atoms with Gasteiger partial charge >= 0.3 is 0 Å². The molecule has 2 heterocycles. The molecule has 0 unspecified atom stereocenters. The van der Waals surface area contributed by atoms with Crippen LogP contribution in [0.4, 0.5) is 0 Å². The Hall–Kier alpha value is -3.93. The third-order valence-electron chi connectivity index (χ3n) is 4.29. The number of hydrogen-bond acceptors (Lipinski definition) is 5. The van der Waals surface area contributed by atoms with Crippen molar-refractivity contribution in [3.8, 4) is 17.1 Å². The molecule has 0 aliphatic rings. The molecule has 2 aromatic heterocycles. The number of carbonyl (C=O) groups excluding carboxylic acids is 1. The standard InChI is InChI=1S/C23H19N3O3/c27-23(21-13-22(29-26-21)19-9-5-11-24-15-19)25-14-18-8-4-10-20(12-18)28-16-17-6-2-1-3-7-17/h1-13,15H,14,16H2,(H,25,27). The summed E-state index contributed by atoms with van der Waals surface area (Å²) in [5.74, 6) is 0.944. The molecule has 0 atom stereocenters. The van der Waals surface area contributed by atoms with Crippen LogP contribution >= 0.6 is 0 Å². The first-order valence-corrected chi connectivity index (χ1v) is 9.19. The smallest absolute Gasteiger partial charge is 0.273 e. The minimum Gasteiger partial charge on any atom is -0.489 e. The molecule has 2 aromatic carbocycles. The maximum absolute atomic E-state index is 12.4. The normalized spacial score (nSPS) is 10.5. The molecule has 0 fully saturated rings. The number of pyridine rings is 1. The molecule has 0 bridgehead atoms. The lowest BCUT2D eigenvalue weighted by Gasteiger charge is -2.09. The molecular formula is C23H19N3O3. The van der Waals surface area contributed by atoms with E-state index in [1.807, 2.05) is 60.7 Å². The zero-order chi connectivity index (χ0) is 19.9. The number of carbonyl (C=O) groups is 1. The second-order valence-electron chi connectivity index (χ2n) is 6.42. The zero-order valence-electron chi connectivity index (χ0n) is 15.6. The van der Waals surface area contributed by atoms with Gasteiger partial charge in [0, 0.05) is 30.6 Å². The van der Waals surface area contributed by atoms with Crippen LogP contribution in [0.5, 0.6) is 5.75 Å². The summed E-state index contributed by atoms with van der Waals surface area (Å²) in [6, 6.07) is 22.8. The molecule has 0 saturated heterocycles. The van der Waals surface area contributed by atoms with E-state index in [1.165, 1.54) is 0 Å². The second-order valence-corrected chi connectivity index (χ2v) is 6.42. The van der Waals surface area contributed by atoms with Crippen LogP contribution in [-0.2, 0) is 13.2 Å². The van der Waals surface area contributed by atoms with Crippen molar-refractivity contribution in [1.82, 2.24) is 15.5 Å². The molecule has 144 valence electrons. The molecule has 0 saturated carbocycles. The molecule has 4 rings (SSSR count). The van der Waals surface area contributed by atoms with Crippen LogP contribution in [0, 0.1) is 0 Å². The van der Waals surface area contributed by atoms with Gasteiger partial charge in [-0.3, -0.25) is 9.78 Å². The Kier molecular flexibility index (Phi) is 5.62. The summed E-state index contributed by atoms with van der Waals surface area (Å²) >= 11 is 0. The monoisotopic (exact) mass is 385 g/mol. The van der Waals surface area contributed by atoms with E-state index in [0.717, 1.165) is 22.4 Å². The first-order valence-electron chi connectivity index (χ1n) is 9.19. The fourth-order valence-electron chi connectivity index (χ4n) is 2.79. The number of benzene rings is 2. The SMILES string of the molecule is O=C(NCc1cccc(OCc2ccccc2)c1)c1cc(-c2cccnc2)on1. The molecule has 4 aromatic rings. The Morgan fingerprint density at radius 2 is 1.83 bits per heavy atom. The third kappa shape index (κ3) is 4.87. The average molecular weight is 385 g/mol. The molecule has 6 nitrogen and oxygen atoms in total. The van der Waals surface area contributed by atoms with Crippen LogP contribution < -0.4 is 10.1 Å². The maximum Gasteiger partial charge on any atom is 0.273 e. The van der Waals surface area contributed by atoms with Crippen LogP contribution in [0.2, 0.25) is 0 Å². The highest BCUT2D eigenvalue weighted by Crippen LogP contribution is 2.19. The highest BCUT2D eigenvalue weighted by molar-refractivity contribution is 5.93. The summed E-state index contributed by atoms with van der Waals surface area (Å²) in [4.78, 5) is 16.4. The van der Waals surface area contributed by atoms with Crippen molar-refractivity contribution in [3.63, 3.8) is 0 Å². The van der Waals surface area contributed by atoms with Crippen LogP contribution in [0.25, 0.3) is 11.3 Å². The summed E-state index contributed by atoms with van der Waals surface area (Å²) in [6.07, 6.45) is 3.33. The predicted molar refractivity (Wildman–Crippen MR) is 108 cm³/mol. The van der Waals surface area contributed by atoms with Gasteiger partial charge in [-0.25, -0.2) is 0 Å². The number of nitrogens with one attached hydrogen (secondary N) is 1. The molecule has 1 N–H and O–H groups in total. The van der Waals surface area contributed by atoms with Crippen molar-refractivity contribution in [2.24, 2.45) is 0 Å². The van der Waals surface area contributed by atoms with Gasteiger partial charge in [-0.1, -0.05) is 47.6 Å². The van der Waals surface area contributed by atoms with E-state index in [-0.39, 0.29) is 11.6 Å². The molecule has 1 amide bonds. The zero-order valence-corrected chi connectivity index (χ0v) is 15.6. The molecule has 0 aliphatic heterocycles. The quantitative estimate of drug-likeness (QED) is 0.515. The lowest BCUT2D eigenvalue weighted by Crippen LogP contribution is -2.23. The van der Waals surface area contributed by atoms with Gasteiger partial charge in [0.05, 0.1) is 0 Å². The Labute approximate surface area is 168 Å². The van der Waals surface area contributed by atoms with Gasteiger partial charge in [-0.15, -0.1) is 0 Å². The van der Waals surface area contributed by atoms with E-state index in [1.54, 1.807) is 24.5 Å². The summed E-state index contributed by atoms with van der Waals surface area (Å²) in [5, 5.41) is 6.69. The minimum absolute atomic E-state index is 0.223. The summed E-state index contributed by atoms with van der Waals surface area (Å²) < 4.78 is 11.1. The number of ether oxygens (including phenoxy) is 1. The second kappa shape index (κ2) is 8.84. The van der Waals surface area contributed by atoms with E-state index in [4.69, 9.17) is 9.26 Å². The van der Waals surface area contributed by atoms with Gasteiger partial charge in [0.25, 0.3) is 5.91 Å². The van der Waals surface area contributed by atoms with E-state index in [2.05, 4.69) is 15.5 Å². The average Bonchev–Trinajstić information content (AvgIpc) is 3.28. The van der Waals surface area contributed by atoms with Crippen molar-refractivity contribution in [3.05, 3.63) is 102 Å². The topological polar surface area (TPSA) is 77.2 Å². The number of amides is 1. The maximum atomic E-state index is 12.4. The molecule has 0 radical (unpaired) electrons. The van der Waals surface area contributed by atoms with Crippen molar-refractivity contribution in [1.29, 1.82) is 0 Å². The van der Waals surface area contributed by atoms with Crippen molar-refractivity contribution < 1.29 is 14.1 Å². The Morgan fingerprint density at radius 1 is 0.966 bits per heavy atom. The summed E-state index contributed by atoms with van der Waals surface area (Å²) in [7, 11) is 0. The lowest BCUT2D eigenvalue weighted by molar-refractivity contribution is 0.0942. The third-order valence-corrected chi connectivity index (χ3v) is 4.29. The van der Waals surface area contributed by atoms with Gasteiger partial charge in [0.2, 0.25) is 0 Å². The van der Waals surface area contributed by atoms with E-state index in [0.29, 0.717) is 18.9 Å². The lowest BCUT2D eigenvalue weighted by atomic mass is 10.2. The van der Waals surface area contributed by atoms with Crippen molar-refractivity contribution >= 4 is 5.91 Å². The fourth-order valence-corrected chi connectivity index (χ4v) is 2.79. The van der Waals surface area contributed by atoms with E-state index < -0.39 is 0 Å². The number of nitrogens with zero attached hydrogens (tertiary/aromatic N) is 2. The van der Waals surface area contributed by atoms with Crippen molar-refractivity contribution in [2.75, 3.05) is 0 Å². The first kappa shape index (κ1) is 18.4. The van der Waals surface area contributed by atoms with Gasteiger partial charge in [0.1, 0.15) is 12.4 Å². The van der Waals surface area contributed by atoms with Crippen molar-refractivity contribution in [2.45, 2.75) is 13.2 Å². The highest BCUT2D eigenvalue weighted by Gasteiger charge is 2.13. The molecule has 0 aliphatic carbocycles. The Bertz CT molecular complexity index is 1080. The van der Waals surface area contributed by atoms with Gasteiger partial charge in [0.15, 0.2) is 11.5 Å². The minimum atomic E-state index is -0.306. The number of rotatable bonds is 7. The van der Waals surface area contributed by atoms with Crippen LogP contribution in [0.3, 0.4) is 0 Å². The van der Waals surface area contributed by atoms with E-state index >= 15 is 0 Å². The van der Waals surface area contributed by atoms with Gasteiger partial charge < -0.3 is 14.6 Å². The molecule has 0 spiro atoms. The Morgan fingerprint density at radius 3 is 2.66 bits per heavy atom. The molecular weight excluding hydrogens is 366 g/mol. The van der Waals surface area contributed by atoms with Gasteiger partial charge in [-0.2, -0.15) is 0 Å². The highest BCUT2D eigenvalue weighted by atomic mass is 16.5. The van der Waals surface area contributed by atoms with Crippen LogP contribution in [-0.4, -0.2) is 16.0 Å². The molecule has 6 heteroatoms. The first-order chi connectivity index (χ1) is 14.3. The predicted octanol–water partition coefficient (Wildman–Crippen LogP) is 4.25. The summed E-state index contributed by atoms with van der Waals surface area (Å²) in [5.41, 5.74) is 3.02. The Balaban J connectivity index is 1.34. The summed E-state index contributed by atoms with van der Waals surface area (Å²) in [6.45, 7) is 0.850. The number of aromatic nitrogens is 2. The molecule has 29 heavy (non-hydrogen) atoms. The van der Waals surface area contributed by atoms with Crippen LogP contribution in [0.15, 0.2) is 89.7 Å². The van der Waals surface area contributed by atoms with E-state index in [9.17, 15) is 4.79 Å². The number of hydrogen-bond donors (Lipinski definition) is 1.